The minimum Gasteiger partial charge on any atom is -0.383 e. The maximum Gasteiger partial charge on any atom is 0.332 e. The number of carbonyl (C=O) groups excluding carboxylic acids is 1. The maximum absolute atomic E-state index is 12.7. The molecule has 0 saturated carbocycles. The normalized spacial score (nSPS) is 10.3. The molecule has 1 aromatic carbocycles. The summed E-state index contributed by atoms with van der Waals surface area (Å²) < 4.78 is 2.01. The van der Waals surface area contributed by atoms with Gasteiger partial charge in [-0.15, -0.1) is 0 Å². The van der Waals surface area contributed by atoms with Crippen molar-refractivity contribution in [1.29, 1.82) is 5.26 Å². The van der Waals surface area contributed by atoms with Crippen LogP contribution in [0.15, 0.2) is 33.9 Å². The summed E-state index contributed by atoms with van der Waals surface area (Å²) in [4.78, 5) is 38.2. The fourth-order valence-electron chi connectivity index (χ4n) is 2.49. The summed E-state index contributed by atoms with van der Waals surface area (Å²) in [6.07, 6.45) is 0.127. The van der Waals surface area contributed by atoms with Crippen LogP contribution in [-0.4, -0.2) is 28.1 Å². The molecule has 142 valence electrons. The van der Waals surface area contributed by atoms with E-state index in [0.717, 1.165) is 9.13 Å². The number of nitrogen functional groups attached to an aromatic ring is 1. The molecular formula is C17H19ClN6O3. The van der Waals surface area contributed by atoms with Crippen LogP contribution in [0.2, 0.25) is 5.02 Å². The lowest BCUT2D eigenvalue weighted by molar-refractivity contribution is -0.117. The molecule has 0 aliphatic rings. The van der Waals surface area contributed by atoms with E-state index in [0.29, 0.717) is 10.7 Å². The Hall–Kier alpha value is -3.25. The second-order valence-electron chi connectivity index (χ2n) is 5.75. The number of nitriles is 1. The van der Waals surface area contributed by atoms with Gasteiger partial charge in [-0.05, 0) is 18.2 Å². The molecule has 0 radical (unpaired) electrons. The molecule has 2 rings (SSSR count). The van der Waals surface area contributed by atoms with Gasteiger partial charge < -0.3 is 16.0 Å². The van der Waals surface area contributed by atoms with E-state index in [1.165, 1.54) is 19.0 Å². The summed E-state index contributed by atoms with van der Waals surface area (Å²) in [5.41, 5.74) is 5.12. The number of nitrogens with one attached hydrogen (secondary N) is 1. The fourth-order valence-corrected chi connectivity index (χ4v) is 2.67. The van der Waals surface area contributed by atoms with Crippen molar-refractivity contribution in [2.24, 2.45) is 14.1 Å². The molecule has 3 N–H and O–H groups in total. The van der Waals surface area contributed by atoms with E-state index in [4.69, 9.17) is 22.6 Å². The molecule has 0 aliphatic heterocycles. The Bertz CT molecular complexity index is 1020. The van der Waals surface area contributed by atoms with Crippen molar-refractivity contribution in [3.63, 3.8) is 0 Å². The molecule has 1 amide bonds. The van der Waals surface area contributed by atoms with Crippen molar-refractivity contribution < 1.29 is 4.79 Å². The summed E-state index contributed by atoms with van der Waals surface area (Å²) in [6, 6.07) is 8.66. The Balaban J connectivity index is 2.28. The minimum atomic E-state index is -0.630. The van der Waals surface area contributed by atoms with Crippen LogP contribution < -0.4 is 27.2 Å². The molecule has 0 bridgehead atoms. The third kappa shape index (κ3) is 4.30. The number of aromatic nitrogens is 2. The smallest absolute Gasteiger partial charge is 0.332 e. The van der Waals surface area contributed by atoms with Crippen LogP contribution in [0.4, 0.5) is 17.2 Å². The number of rotatable bonds is 6. The average molecular weight is 391 g/mol. The van der Waals surface area contributed by atoms with E-state index >= 15 is 0 Å². The van der Waals surface area contributed by atoms with Crippen molar-refractivity contribution in [1.82, 2.24) is 9.13 Å². The SMILES string of the molecule is Cn1c(N)c(NCC(=O)N(CCC#N)c2cccc(Cl)c2)c(=O)n(C)c1=O. The first-order valence-electron chi connectivity index (χ1n) is 8.00. The van der Waals surface area contributed by atoms with E-state index in [2.05, 4.69) is 5.32 Å². The first-order valence-corrected chi connectivity index (χ1v) is 8.38. The van der Waals surface area contributed by atoms with Gasteiger partial charge in [-0.3, -0.25) is 18.7 Å². The minimum absolute atomic E-state index is 0.0423. The molecule has 0 saturated heterocycles. The molecule has 27 heavy (non-hydrogen) atoms. The zero-order valence-electron chi connectivity index (χ0n) is 14.9. The van der Waals surface area contributed by atoms with Crippen molar-refractivity contribution in [2.75, 3.05) is 29.0 Å². The van der Waals surface area contributed by atoms with E-state index in [9.17, 15) is 14.4 Å². The van der Waals surface area contributed by atoms with Crippen molar-refractivity contribution in [3.05, 3.63) is 50.1 Å². The predicted molar refractivity (Wildman–Crippen MR) is 104 cm³/mol. The summed E-state index contributed by atoms with van der Waals surface area (Å²) in [7, 11) is 2.75. The Morgan fingerprint density at radius 2 is 2.04 bits per heavy atom. The van der Waals surface area contributed by atoms with Gasteiger partial charge >= 0.3 is 5.69 Å². The van der Waals surface area contributed by atoms with Crippen LogP contribution in [0.25, 0.3) is 0 Å². The third-order valence-corrected chi connectivity index (χ3v) is 4.23. The number of carbonyl (C=O) groups is 1. The zero-order valence-corrected chi connectivity index (χ0v) is 15.7. The second-order valence-corrected chi connectivity index (χ2v) is 6.19. The first-order chi connectivity index (χ1) is 12.8. The highest BCUT2D eigenvalue weighted by Gasteiger charge is 2.18. The standard InChI is InChI=1S/C17H19ClN6O3/c1-22-15(20)14(16(26)23(2)17(22)27)21-10-13(25)24(8-4-7-19)12-6-3-5-11(18)9-12/h3,5-6,9,21H,4,8,10,20H2,1-2H3. The second kappa shape index (κ2) is 8.42. The Morgan fingerprint density at radius 3 is 2.67 bits per heavy atom. The molecule has 0 unspecified atom stereocenters. The number of hydrogen-bond donors (Lipinski definition) is 2. The van der Waals surface area contributed by atoms with Gasteiger partial charge in [-0.2, -0.15) is 5.26 Å². The lowest BCUT2D eigenvalue weighted by Gasteiger charge is -2.23. The molecule has 0 aliphatic carbocycles. The zero-order chi connectivity index (χ0) is 20.1. The molecule has 0 atom stereocenters. The summed E-state index contributed by atoms with van der Waals surface area (Å²) in [5.74, 6) is -0.454. The number of halogens is 1. The van der Waals surface area contributed by atoms with Crippen molar-refractivity contribution >= 4 is 34.7 Å². The quantitative estimate of drug-likeness (QED) is 0.746. The van der Waals surface area contributed by atoms with Gasteiger partial charge in [0.25, 0.3) is 5.56 Å². The van der Waals surface area contributed by atoms with Gasteiger partial charge in [-0.1, -0.05) is 17.7 Å². The van der Waals surface area contributed by atoms with E-state index in [1.54, 1.807) is 24.3 Å². The van der Waals surface area contributed by atoms with Crippen LogP contribution >= 0.6 is 11.6 Å². The molecule has 2 aromatic rings. The number of anilines is 3. The predicted octanol–water partition coefficient (Wildman–Crippen LogP) is 0.678. The lowest BCUT2D eigenvalue weighted by Crippen LogP contribution is -2.41. The number of nitrogens with zero attached hydrogens (tertiary/aromatic N) is 4. The van der Waals surface area contributed by atoms with Gasteiger partial charge in [0.15, 0.2) is 0 Å². The summed E-state index contributed by atoms with van der Waals surface area (Å²) in [6.45, 7) is -0.0896. The summed E-state index contributed by atoms with van der Waals surface area (Å²) >= 11 is 5.98. The van der Waals surface area contributed by atoms with Gasteiger partial charge in [0.1, 0.15) is 11.5 Å². The van der Waals surface area contributed by atoms with Crippen LogP contribution in [0.1, 0.15) is 6.42 Å². The Kier molecular flexibility index (Phi) is 6.26. The Morgan fingerprint density at radius 1 is 1.33 bits per heavy atom. The number of amides is 1. The first kappa shape index (κ1) is 20.1. The van der Waals surface area contributed by atoms with Gasteiger partial charge in [0.2, 0.25) is 5.91 Å². The molecular weight excluding hydrogens is 372 g/mol. The van der Waals surface area contributed by atoms with Crippen molar-refractivity contribution in [2.45, 2.75) is 6.42 Å². The monoisotopic (exact) mass is 390 g/mol. The summed E-state index contributed by atoms with van der Waals surface area (Å²) in [5, 5.41) is 12.0. The van der Waals surface area contributed by atoms with Crippen LogP contribution in [0.5, 0.6) is 0 Å². The van der Waals surface area contributed by atoms with E-state index in [-0.39, 0.29) is 36.9 Å². The number of hydrogen-bond acceptors (Lipinski definition) is 6. The molecule has 0 spiro atoms. The van der Waals surface area contributed by atoms with Crippen LogP contribution in [-0.2, 0) is 18.9 Å². The third-order valence-electron chi connectivity index (χ3n) is 3.99. The van der Waals surface area contributed by atoms with E-state index < -0.39 is 11.2 Å². The van der Waals surface area contributed by atoms with Crippen LogP contribution in [0.3, 0.4) is 0 Å². The molecule has 10 heteroatoms. The highest BCUT2D eigenvalue weighted by atomic mass is 35.5. The number of benzene rings is 1. The average Bonchev–Trinajstić information content (AvgIpc) is 2.65. The Labute approximate surface area is 160 Å². The highest BCUT2D eigenvalue weighted by molar-refractivity contribution is 6.30. The van der Waals surface area contributed by atoms with Gasteiger partial charge in [-0.25, -0.2) is 4.79 Å². The molecule has 1 aromatic heterocycles. The molecule has 9 nitrogen and oxygen atoms in total. The van der Waals surface area contributed by atoms with E-state index in [1.807, 2.05) is 6.07 Å². The molecule has 0 fully saturated rings. The lowest BCUT2D eigenvalue weighted by atomic mass is 10.2. The van der Waals surface area contributed by atoms with Gasteiger partial charge in [0, 0.05) is 31.4 Å². The molecule has 1 heterocycles. The topological polar surface area (TPSA) is 126 Å². The number of nitrogens with two attached hydrogens (primary N) is 1. The fraction of sp³-hybridized carbons (Fsp3) is 0.294. The maximum atomic E-state index is 12.7. The largest absolute Gasteiger partial charge is 0.383 e. The van der Waals surface area contributed by atoms with Crippen molar-refractivity contribution in [3.8, 4) is 6.07 Å². The van der Waals surface area contributed by atoms with Crippen LogP contribution in [0, 0.1) is 11.3 Å². The van der Waals surface area contributed by atoms with Gasteiger partial charge in [0.05, 0.1) is 19.0 Å². The highest BCUT2D eigenvalue weighted by Crippen LogP contribution is 2.20.